The number of alkyl carbamates (subject to hydrolysis) is 1. The van der Waals surface area contributed by atoms with Crippen LogP contribution in [0.5, 0.6) is 0 Å². The van der Waals surface area contributed by atoms with Crippen LogP contribution in [0, 0.1) is 0 Å². The maximum atomic E-state index is 12.4. The molecule has 0 radical (unpaired) electrons. The smallest absolute Gasteiger partial charge is 0.407 e. The largest absolute Gasteiger partial charge is 0.480 e. The molecule has 0 heterocycles. The Morgan fingerprint density at radius 2 is 1.55 bits per heavy atom. The van der Waals surface area contributed by atoms with Gasteiger partial charge in [-0.25, -0.2) is 9.59 Å². The summed E-state index contributed by atoms with van der Waals surface area (Å²) < 4.78 is 10.3. The van der Waals surface area contributed by atoms with Crippen LogP contribution in [0.15, 0.2) is 48.5 Å². The molecule has 0 fully saturated rings. The van der Waals surface area contributed by atoms with E-state index in [0.29, 0.717) is 0 Å². The third-order valence-corrected chi connectivity index (χ3v) is 5.31. The van der Waals surface area contributed by atoms with Gasteiger partial charge in [0.25, 0.3) is 0 Å². The molecule has 1 unspecified atom stereocenters. The van der Waals surface area contributed by atoms with Crippen LogP contribution in [0.1, 0.15) is 30.4 Å². The van der Waals surface area contributed by atoms with Crippen molar-refractivity contribution in [3.8, 4) is 11.1 Å². The predicted molar refractivity (Wildman–Crippen MR) is 114 cm³/mol. The van der Waals surface area contributed by atoms with E-state index in [9.17, 15) is 14.4 Å². The molecule has 31 heavy (non-hydrogen) atoms. The first-order chi connectivity index (χ1) is 15.0. The van der Waals surface area contributed by atoms with Gasteiger partial charge in [-0.2, -0.15) is 0 Å². The molecule has 1 aliphatic carbocycles. The lowest BCUT2D eigenvalue weighted by Gasteiger charge is -2.20. The number of ether oxygens (including phenoxy) is 2. The van der Waals surface area contributed by atoms with Gasteiger partial charge in [-0.1, -0.05) is 55.5 Å². The molecule has 2 amide bonds. The molecule has 0 aromatic heterocycles. The number of nitrogens with one attached hydrogen (secondary N) is 2. The molecule has 0 saturated carbocycles. The first-order valence-corrected chi connectivity index (χ1v) is 10.1. The van der Waals surface area contributed by atoms with Crippen molar-refractivity contribution in [2.24, 2.45) is 0 Å². The number of hydrogen-bond acceptors (Lipinski definition) is 5. The topological polar surface area (TPSA) is 114 Å². The molecule has 2 aromatic carbocycles. The van der Waals surface area contributed by atoms with Gasteiger partial charge in [-0.15, -0.1) is 0 Å². The number of hydrogen-bond donors (Lipinski definition) is 3. The maximum absolute atomic E-state index is 12.4. The Morgan fingerprint density at radius 1 is 0.968 bits per heavy atom. The minimum absolute atomic E-state index is 0.0925. The van der Waals surface area contributed by atoms with E-state index in [1.165, 1.54) is 7.11 Å². The van der Waals surface area contributed by atoms with Gasteiger partial charge in [-0.3, -0.25) is 4.79 Å². The Hall–Kier alpha value is -3.39. The maximum Gasteiger partial charge on any atom is 0.407 e. The standard InChI is InChI=1S/C23H26N2O6/c1-3-19(21(26)24-20(13-30-2)22(27)28)25-23(29)31-12-18-16-10-6-4-8-14(16)15-9-5-7-11-17(15)18/h4-11,18-20H,3,12-13H2,1-2H3,(H,24,26)(H,25,29)(H,27,28)/t19?,20-/m0/s1. The van der Waals surface area contributed by atoms with Crippen molar-refractivity contribution in [3.63, 3.8) is 0 Å². The summed E-state index contributed by atoms with van der Waals surface area (Å²) in [7, 11) is 1.34. The molecular weight excluding hydrogens is 400 g/mol. The second-order valence-corrected chi connectivity index (χ2v) is 7.29. The summed E-state index contributed by atoms with van der Waals surface area (Å²) in [5.74, 6) is -1.92. The molecule has 0 aliphatic heterocycles. The van der Waals surface area contributed by atoms with Crippen molar-refractivity contribution >= 4 is 18.0 Å². The van der Waals surface area contributed by atoms with Gasteiger partial charge >= 0.3 is 12.1 Å². The summed E-state index contributed by atoms with van der Waals surface area (Å²) >= 11 is 0. The van der Waals surface area contributed by atoms with Crippen LogP contribution in [0.2, 0.25) is 0 Å². The Morgan fingerprint density at radius 3 is 2.06 bits per heavy atom. The molecule has 2 atom stereocenters. The first kappa shape index (κ1) is 22.3. The van der Waals surface area contributed by atoms with E-state index in [2.05, 4.69) is 10.6 Å². The summed E-state index contributed by atoms with van der Waals surface area (Å²) in [4.78, 5) is 36.0. The number of rotatable bonds is 9. The molecule has 3 rings (SSSR count). The van der Waals surface area contributed by atoms with Crippen molar-refractivity contribution < 1.29 is 29.0 Å². The summed E-state index contributed by atoms with van der Waals surface area (Å²) in [6, 6.07) is 13.9. The molecule has 1 aliphatic rings. The fourth-order valence-electron chi connectivity index (χ4n) is 3.75. The number of carboxylic acids is 1. The molecule has 0 saturated heterocycles. The summed E-state index contributed by atoms with van der Waals surface area (Å²) in [5.41, 5.74) is 4.42. The van der Waals surface area contributed by atoms with Crippen LogP contribution in [-0.2, 0) is 19.1 Å². The van der Waals surface area contributed by atoms with Gasteiger partial charge in [0.2, 0.25) is 5.91 Å². The Kier molecular flexibility index (Phi) is 7.25. The second-order valence-electron chi connectivity index (χ2n) is 7.29. The fraction of sp³-hybridized carbons (Fsp3) is 0.348. The van der Waals surface area contributed by atoms with E-state index in [0.717, 1.165) is 22.3 Å². The Labute approximate surface area is 180 Å². The highest BCUT2D eigenvalue weighted by molar-refractivity contribution is 5.89. The highest BCUT2D eigenvalue weighted by Gasteiger charge is 2.30. The van der Waals surface area contributed by atoms with Crippen molar-refractivity contribution in [3.05, 3.63) is 59.7 Å². The van der Waals surface area contributed by atoms with Crippen molar-refractivity contribution in [2.45, 2.75) is 31.3 Å². The third kappa shape index (κ3) is 5.03. The number of benzene rings is 2. The first-order valence-electron chi connectivity index (χ1n) is 10.1. The highest BCUT2D eigenvalue weighted by atomic mass is 16.5. The number of aliphatic carboxylic acids is 1. The fourth-order valence-corrected chi connectivity index (χ4v) is 3.75. The second kappa shape index (κ2) is 10.1. The highest BCUT2D eigenvalue weighted by Crippen LogP contribution is 2.44. The van der Waals surface area contributed by atoms with Gasteiger partial charge in [0.15, 0.2) is 6.04 Å². The van der Waals surface area contributed by atoms with Crippen LogP contribution in [-0.4, -0.2) is 55.5 Å². The number of carboxylic acid groups (broad SMARTS) is 1. The van der Waals surface area contributed by atoms with Crippen molar-refractivity contribution in [1.82, 2.24) is 10.6 Å². The van der Waals surface area contributed by atoms with Crippen LogP contribution in [0.25, 0.3) is 11.1 Å². The molecule has 0 bridgehead atoms. The van der Waals surface area contributed by atoms with Gasteiger partial charge in [0.05, 0.1) is 6.61 Å². The average molecular weight is 426 g/mol. The third-order valence-electron chi connectivity index (χ3n) is 5.31. The molecule has 0 spiro atoms. The monoisotopic (exact) mass is 426 g/mol. The minimum Gasteiger partial charge on any atom is -0.480 e. The van der Waals surface area contributed by atoms with Gasteiger partial charge < -0.3 is 25.2 Å². The van der Waals surface area contributed by atoms with Gasteiger partial charge in [0, 0.05) is 13.0 Å². The van der Waals surface area contributed by atoms with E-state index in [1.54, 1.807) is 6.92 Å². The lowest BCUT2D eigenvalue weighted by atomic mass is 9.98. The normalized spacial score (nSPS) is 14.1. The lowest BCUT2D eigenvalue weighted by molar-refractivity contribution is -0.143. The number of carbonyl (C=O) groups is 3. The van der Waals surface area contributed by atoms with Gasteiger partial charge in [-0.05, 0) is 28.7 Å². The number of carbonyl (C=O) groups excluding carboxylic acids is 2. The Balaban J connectivity index is 1.62. The lowest BCUT2D eigenvalue weighted by Crippen LogP contribution is -2.52. The molecule has 3 N–H and O–H groups in total. The summed E-state index contributed by atoms with van der Waals surface area (Å²) in [5, 5.41) is 14.0. The average Bonchev–Trinajstić information content (AvgIpc) is 3.09. The number of amides is 2. The zero-order chi connectivity index (χ0) is 22.4. The zero-order valence-electron chi connectivity index (χ0n) is 17.5. The quantitative estimate of drug-likeness (QED) is 0.568. The van der Waals surface area contributed by atoms with E-state index >= 15 is 0 Å². The summed E-state index contributed by atoms with van der Waals surface area (Å²) in [6.07, 6.45) is -0.461. The van der Waals surface area contributed by atoms with Crippen LogP contribution >= 0.6 is 0 Å². The zero-order valence-corrected chi connectivity index (χ0v) is 17.5. The SMILES string of the molecule is CCC(NC(=O)OCC1c2ccccc2-c2ccccc21)C(=O)N[C@@H](COC)C(=O)O. The molecular formula is C23H26N2O6. The van der Waals surface area contributed by atoms with E-state index in [-0.39, 0.29) is 25.6 Å². The van der Waals surface area contributed by atoms with E-state index < -0.39 is 30.1 Å². The molecule has 8 nitrogen and oxygen atoms in total. The minimum atomic E-state index is -1.22. The molecule has 8 heteroatoms. The van der Waals surface area contributed by atoms with Crippen LogP contribution in [0.4, 0.5) is 4.79 Å². The van der Waals surface area contributed by atoms with E-state index in [1.807, 2.05) is 48.5 Å². The van der Waals surface area contributed by atoms with Crippen molar-refractivity contribution in [2.75, 3.05) is 20.3 Å². The number of fused-ring (bicyclic) bond motifs is 3. The van der Waals surface area contributed by atoms with Crippen LogP contribution < -0.4 is 10.6 Å². The van der Waals surface area contributed by atoms with Crippen LogP contribution in [0.3, 0.4) is 0 Å². The van der Waals surface area contributed by atoms with Gasteiger partial charge in [0.1, 0.15) is 12.6 Å². The van der Waals surface area contributed by atoms with E-state index in [4.69, 9.17) is 14.6 Å². The molecule has 2 aromatic rings. The van der Waals surface area contributed by atoms with Crippen molar-refractivity contribution in [1.29, 1.82) is 0 Å². The summed E-state index contributed by atoms with van der Waals surface area (Å²) in [6.45, 7) is 1.65. The number of methoxy groups -OCH3 is 1. The Bertz CT molecular complexity index is 915. The predicted octanol–water partition coefficient (Wildman–Crippen LogP) is 2.52. The molecule has 164 valence electrons.